The van der Waals surface area contributed by atoms with Gasteiger partial charge in [-0.15, -0.1) is 5.10 Å². The van der Waals surface area contributed by atoms with Crippen LogP contribution in [0.3, 0.4) is 0 Å². The van der Waals surface area contributed by atoms with E-state index < -0.39 is 5.82 Å². The highest BCUT2D eigenvalue weighted by molar-refractivity contribution is 7.81. The van der Waals surface area contributed by atoms with Crippen molar-refractivity contribution in [2.75, 3.05) is 23.3 Å². The van der Waals surface area contributed by atoms with E-state index in [1.807, 2.05) is 25.2 Å². The van der Waals surface area contributed by atoms with E-state index in [-0.39, 0.29) is 22.9 Å². The number of benzene rings is 2. The van der Waals surface area contributed by atoms with E-state index >= 15 is 4.39 Å². The molecule has 1 aliphatic rings. The van der Waals surface area contributed by atoms with Gasteiger partial charge in [0, 0.05) is 37.0 Å². The second-order valence-electron chi connectivity index (χ2n) is 10.0. The minimum atomic E-state index is -0.479. The molecule has 1 unspecified atom stereocenters. The van der Waals surface area contributed by atoms with Crippen LogP contribution in [0.1, 0.15) is 12.0 Å². The number of pyridine rings is 1. The Hall–Kier alpha value is -4.78. The number of rotatable bonds is 7. The standard InChI is InChI=1S/C29H28FN9O2S/c1-4-26(40)33-21-14-39(12-11-24(21)42)25-10-7-19-28(35-25)29(32-15-31-19)34-18-6-9-23(16(2)27(18)30)41-17-5-8-22-20(13-17)36-37-38(22)3/h4-10,13,15,21,24,42H,1,11-12,14H2,2-3H3,(H,33,40)(H,31,32,34)/t21-,24?/m0/s1. The van der Waals surface area contributed by atoms with Gasteiger partial charge in [0.05, 0.1) is 22.8 Å². The second kappa shape index (κ2) is 11.2. The van der Waals surface area contributed by atoms with Crippen LogP contribution in [-0.4, -0.2) is 60.2 Å². The number of hydrogen-bond donors (Lipinski definition) is 3. The number of ether oxygens (including phenoxy) is 1. The topological polar surface area (TPSA) is 123 Å². The van der Waals surface area contributed by atoms with Gasteiger partial charge in [0.15, 0.2) is 11.6 Å². The van der Waals surface area contributed by atoms with E-state index in [0.717, 1.165) is 11.9 Å². The van der Waals surface area contributed by atoms with Gasteiger partial charge in [-0.1, -0.05) is 11.8 Å². The summed E-state index contributed by atoms with van der Waals surface area (Å²) in [5.74, 6) is 1.24. The molecule has 1 fully saturated rings. The van der Waals surface area contributed by atoms with Crippen LogP contribution in [0.15, 0.2) is 61.4 Å². The highest BCUT2D eigenvalue weighted by atomic mass is 32.1. The minimum Gasteiger partial charge on any atom is -0.457 e. The summed E-state index contributed by atoms with van der Waals surface area (Å²) in [4.78, 5) is 27.5. The van der Waals surface area contributed by atoms with Gasteiger partial charge in [0.25, 0.3) is 0 Å². The number of carbonyl (C=O) groups is 1. The molecule has 5 aromatic rings. The highest BCUT2D eigenvalue weighted by Crippen LogP contribution is 2.34. The first kappa shape index (κ1) is 27.4. The third-order valence-corrected chi connectivity index (χ3v) is 7.90. The molecular weight excluding hydrogens is 557 g/mol. The van der Waals surface area contributed by atoms with Crippen molar-refractivity contribution in [3.05, 3.63) is 72.8 Å². The Morgan fingerprint density at radius 3 is 2.88 bits per heavy atom. The highest BCUT2D eigenvalue weighted by Gasteiger charge is 2.28. The van der Waals surface area contributed by atoms with Crippen LogP contribution < -0.4 is 20.3 Å². The Kier molecular flexibility index (Phi) is 7.33. The van der Waals surface area contributed by atoms with Gasteiger partial charge in [-0.05, 0) is 55.8 Å². The van der Waals surface area contributed by atoms with Gasteiger partial charge in [0.2, 0.25) is 5.91 Å². The van der Waals surface area contributed by atoms with E-state index in [0.29, 0.717) is 58.3 Å². The molecule has 0 saturated carbocycles. The molecule has 13 heteroatoms. The number of nitrogens with one attached hydrogen (secondary N) is 2. The van der Waals surface area contributed by atoms with Crippen LogP contribution in [0.4, 0.5) is 21.7 Å². The van der Waals surface area contributed by atoms with Crippen molar-refractivity contribution in [2.24, 2.45) is 7.05 Å². The first-order chi connectivity index (χ1) is 20.3. The zero-order chi connectivity index (χ0) is 29.4. The Labute approximate surface area is 246 Å². The number of fused-ring (bicyclic) bond motifs is 2. The SMILES string of the molecule is C=CC(=O)N[C@H]1CN(c2ccc3ncnc(Nc4ccc(Oc5ccc6c(c5)nnn6C)c(C)c4F)c3n2)CCC1S. The maximum Gasteiger partial charge on any atom is 0.243 e. The minimum absolute atomic E-state index is 0.0132. The summed E-state index contributed by atoms with van der Waals surface area (Å²) in [6, 6.07) is 12.3. The molecule has 1 amide bonds. The van der Waals surface area contributed by atoms with Gasteiger partial charge in [-0.25, -0.2) is 24.0 Å². The summed E-state index contributed by atoms with van der Waals surface area (Å²) in [6.07, 6.45) is 3.41. The predicted octanol–water partition coefficient (Wildman–Crippen LogP) is 4.47. The lowest BCUT2D eigenvalue weighted by Gasteiger charge is -2.37. The maximum atomic E-state index is 15.6. The summed E-state index contributed by atoms with van der Waals surface area (Å²) >= 11 is 4.64. The first-order valence-corrected chi connectivity index (χ1v) is 13.8. The summed E-state index contributed by atoms with van der Waals surface area (Å²) in [6.45, 7) is 6.42. The number of aromatic nitrogens is 6. The molecule has 4 heterocycles. The molecule has 1 aliphatic heterocycles. The number of carbonyl (C=O) groups excluding carboxylic acids is 1. The number of halogens is 1. The van der Waals surface area contributed by atoms with Crippen molar-refractivity contribution >= 4 is 57.9 Å². The smallest absolute Gasteiger partial charge is 0.243 e. The van der Waals surface area contributed by atoms with Crippen LogP contribution >= 0.6 is 12.6 Å². The molecule has 2 aromatic carbocycles. The third kappa shape index (κ3) is 5.30. The van der Waals surface area contributed by atoms with Crippen molar-refractivity contribution in [3.63, 3.8) is 0 Å². The molecule has 3 aromatic heterocycles. The summed E-state index contributed by atoms with van der Waals surface area (Å²) < 4.78 is 23.3. The van der Waals surface area contributed by atoms with Gasteiger partial charge in [-0.2, -0.15) is 12.6 Å². The Morgan fingerprint density at radius 1 is 1.19 bits per heavy atom. The predicted molar refractivity (Wildman–Crippen MR) is 162 cm³/mol. The van der Waals surface area contributed by atoms with Crippen LogP contribution in [0.25, 0.3) is 22.1 Å². The molecule has 0 bridgehead atoms. The second-order valence-corrected chi connectivity index (χ2v) is 10.7. The van der Waals surface area contributed by atoms with Crippen molar-refractivity contribution in [3.8, 4) is 11.5 Å². The number of nitrogens with zero attached hydrogens (tertiary/aromatic N) is 7. The Bertz CT molecular complexity index is 1830. The normalized spacial score (nSPS) is 16.9. The summed E-state index contributed by atoms with van der Waals surface area (Å²) in [5, 5.41) is 14.2. The van der Waals surface area contributed by atoms with Crippen LogP contribution in [0.2, 0.25) is 0 Å². The molecule has 0 aliphatic carbocycles. The number of aryl methyl sites for hydroxylation is 1. The molecule has 6 rings (SSSR count). The first-order valence-electron chi connectivity index (χ1n) is 13.3. The molecule has 11 nitrogen and oxygen atoms in total. The van der Waals surface area contributed by atoms with Gasteiger partial charge < -0.3 is 20.3 Å². The molecule has 2 atom stereocenters. The Balaban J connectivity index is 1.25. The average Bonchev–Trinajstić information content (AvgIpc) is 3.37. The molecule has 42 heavy (non-hydrogen) atoms. The van der Waals surface area contributed by atoms with Gasteiger partial charge >= 0.3 is 0 Å². The largest absolute Gasteiger partial charge is 0.457 e. The number of thiol groups is 1. The van der Waals surface area contributed by atoms with Crippen LogP contribution in [0, 0.1) is 12.7 Å². The third-order valence-electron chi connectivity index (χ3n) is 7.28. The number of piperidine rings is 1. The van der Waals surface area contributed by atoms with E-state index in [1.54, 1.807) is 35.9 Å². The average molecular weight is 586 g/mol. The monoisotopic (exact) mass is 585 g/mol. The number of hydrogen-bond acceptors (Lipinski definition) is 10. The molecule has 1 saturated heterocycles. The molecule has 214 valence electrons. The fraction of sp³-hybridized carbons (Fsp3) is 0.241. The van der Waals surface area contributed by atoms with E-state index in [9.17, 15) is 4.79 Å². The Morgan fingerprint density at radius 2 is 2.05 bits per heavy atom. The molecule has 0 radical (unpaired) electrons. The quantitative estimate of drug-likeness (QED) is 0.188. The molecule has 2 N–H and O–H groups in total. The zero-order valence-corrected chi connectivity index (χ0v) is 23.8. The van der Waals surface area contributed by atoms with Crippen molar-refractivity contribution in [1.82, 2.24) is 35.3 Å². The van der Waals surface area contributed by atoms with Crippen LogP contribution in [-0.2, 0) is 11.8 Å². The number of anilines is 3. The maximum absolute atomic E-state index is 15.6. The molecular formula is C29H28FN9O2S. The number of amides is 1. The lowest BCUT2D eigenvalue weighted by Crippen LogP contribution is -2.53. The van der Waals surface area contributed by atoms with Crippen molar-refractivity contribution in [1.29, 1.82) is 0 Å². The lowest BCUT2D eigenvalue weighted by atomic mass is 10.0. The van der Waals surface area contributed by atoms with Crippen molar-refractivity contribution < 1.29 is 13.9 Å². The van der Waals surface area contributed by atoms with E-state index in [4.69, 9.17) is 9.72 Å². The summed E-state index contributed by atoms with van der Waals surface area (Å²) in [5.41, 5.74) is 3.19. The zero-order valence-electron chi connectivity index (χ0n) is 23.0. The fourth-order valence-corrected chi connectivity index (χ4v) is 5.23. The fourth-order valence-electron chi connectivity index (χ4n) is 4.94. The summed E-state index contributed by atoms with van der Waals surface area (Å²) in [7, 11) is 1.81. The van der Waals surface area contributed by atoms with E-state index in [1.165, 1.54) is 12.4 Å². The molecule has 0 spiro atoms. The van der Waals surface area contributed by atoms with Gasteiger partial charge in [0.1, 0.15) is 34.7 Å². The van der Waals surface area contributed by atoms with Crippen LogP contribution in [0.5, 0.6) is 11.5 Å². The van der Waals surface area contributed by atoms with Gasteiger partial charge in [-0.3, -0.25) is 4.79 Å². The lowest BCUT2D eigenvalue weighted by molar-refractivity contribution is -0.117. The van der Waals surface area contributed by atoms with E-state index in [2.05, 4.69) is 55.0 Å². The van der Waals surface area contributed by atoms with Crippen molar-refractivity contribution in [2.45, 2.75) is 24.6 Å².